The van der Waals surface area contributed by atoms with Crippen LogP contribution >= 0.6 is 0 Å². The van der Waals surface area contributed by atoms with Crippen molar-refractivity contribution in [2.24, 2.45) is 11.7 Å². The van der Waals surface area contributed by atoms with Crippen molar-refractivity contribution in [3.8, 4) is 0 Å². The molecule has 2 aliphatic rings. The quantitative estimate of drug-likeness (QED) is 0.612. The first-order valence-corrected chi connectivity index (χ1v) is 9.57. The fourth-order valence-electron chi connectivity index (χ4n) is 4.50. The molecule has 28 heavy (non-hydrogen) atoms. The van der Waals surface area contributed by atoms with Crippen molar-refractivity contribution in [1.82, 2.24) is 9.80 Å². The van der Waals surface area contributed by atoms with Crippen LogP contribution in [0.2, 0.25) is 0 Å². The number of amides is 2. The topological polar surface area (TPSA) is 66.6 Å². The lowest BCUT2D eigenvalue weighted by Gasteiger charge is -2.41. The molecule has 1 aromatic carbocycles. The lowest BCUT2D eigenvalue weighted by Crippen LogP contribution is -2.51. The van der Waals surface area contributed by atoms with E-state index in [4.69, 9.17) is 5.73 Å². The highest BCUT2D eigenvalue weighted by molar-refractivity contribution is 5.97. The van der Waals surface area contributed by atoms with Crippen LogP contribution in [0.1, 0.15) is 37.7 Å². The van der Waals surface area contributed by atoms with E-state index in [-0.39, 0.29) is 48.2 Å². The Morgan fingerprint density at radius 3 is 2.25 bits per heavy atom. The maximum absolute atomic E-state index is 13.9. The molecular weight excluding hydrogens is 371 g/mol. The van der Waals surface area contributed by atoms with Crippen LogP contribution < -0.4 is 5.73 Å². The third-order valence-corrected chi connectivity index (χ3v) is 6.01. The van der Waals surface area contributed by atoms with E-state index in [0.29, 0.717) is 18.9 Å². The van der Waals surface area contributed by atoms with E-state index < -0.39 is 23.5 Å². The molecule has 2 N–H and O–H groups in total. The fourth-order valence-corrected chi connectivity index (χ4v) is 4.50. The van der Waals surface area contributed by atoms with Gasteiger partial charge < -0.3 is 15.5 Å². The Kier molecular flexibility index (Phi) is 5.98. The summed E-state index contributed by atoms with van der Waals surface area (Å²) in [7, 11) is 3.24. The van der Waals surface area contributed by atoms with E-state index in [9.17, 15) is 22.8 Å². The number of hydrogen-bond acceptors (Lipinski definition) is 3. The van der Waals surface area contributed by atoms with E-state index >= 15 is 0 Å². The van der Waals surface area contributed by atoms with Crippen molar-refractivity contribution in [2.45, 2.75) is 56.7 Å². The van der Waals surface area contributed by atoms with Gasteiger partial charge in [-0.3, -0.25) is 9.59 Å². The first-order valence-electron chi connectivity index (χ1n) is 9.57. The second-order valence-corrected chi connectivity index (χ2v) is 8.11. The van der Waals surface area contributed by atoms with Crippen LogP contribution in [0.15, 0.2) is 12.1 Å². The molecule has 2 aliphatic heterocycles. The first kappa shape index (κ1) is 20.6. The molecule has 2 bridgehead atoms. The van der Waals surface area contributed by atoms with E-state index in [1.54, 1.807) is 14.1 Å². The normalized spacial score (nSPS) is 24.9. The van der Waals surface area contributed by atoms with Gasteiger partial charge in [-0.15, -0.1) is 0 Å². The Morgan fingerprint density at radius 1 is 1.11 bits per heavy atom. The average Bonchev–Trinajstić information content (AvgIpc) is 2.89. The van der Waals surface area contributed by atoms with E-state index in [2.05, 4.69) is 0 Å². The Morgan fingerprint density at radius 2 is 1.68 bits per heavy atom. The summed E-state index contributed by atoms with van der Waals surface area (Å²) in [5.41, 5.74) is 6.35. The SMILES string of the molecule is CN(C)C(=O)CC(=O)N1C2CCC1CC(C(N)Cc1cc(F)c(F)cc1F)C2. The van der Waals surface area contributed by atoms with Crippen molar-refractivity contribution in [2.75, 3.05) is 14.1 Å². The van der Waals surface area contributed by atoms with Crippen molar-refractivity contribution in [3.05, 3.63) is 35.1 Å². The third-order valence-electron chi connectivity index (χ3n) is 6.01. The number of piperidine rings is 1. The molecule has 154 valence electrons. The molecule has 2 fully saturated rings. The highest BCUT2D eigenvalue weighted by Gasteiger charge is 2.44. The van der Waals surface area contributed by atoms with Crippen LogP contribution in [-0.4, -0.2) is 53.8 Å². The van der Waals surface area contributed by atoms with Gasteiger partial charge in [-0.1, -0.05) is 0 Å². The molecule has 2 saturated heterocycles. The standard InChI is InChI=1S/C20H26F3N3O2/c1-25(2)19(27)10-20(28)26-13-3-4-14(26)6-12(5-13)18(24)8-11-7-16(22)17(23)9-15(11)21/h7,9,12-14,18H,3-6,8,10,24H2,1-2H3. The minimum absolute atomic E-state index is 0.0204. The van der Waals surface area contributed by atoms with Crippen LogP contribution in [0, 0.1) is 23.4 Å². The third kappa shape index (κ3) is 4.16. The van der Waals surface area contributed by atoms with Crippen LogP contribution in [-0.2, 0) is 16.0 Å². The van der Waals surface area contributed by atoms with Gasteiger partial charge in [0.15, 0.2) is 11.6 Å². The number of benzene rings is 1. The van der Waals surface area contributed by atoms with Crippen LogP contribution in [0.3, 0.4) is 0 Å². The smallest absolute Gasteiger partial charge is 0.232 e. The number of rotatable bonds is 5. The second-order valence-electron chi connectivity index (χ2n) is 8.11. The Hall–Kier alpha value is -2.09. The highest BCUT2D eigenvalue weighted by Crippen LogP contribution is 2.40. The van der Waals surface area contributed by atoms with Gasteiger partial charge in [-0.05, 0) is 49.7 Å². The van der Waals surface area contributed by atoms with Crippen molar-refractivity contribution in [1.29, 1.82) is 0 Å². The van der Waals surface area contributed by atoms with Gasteiger partial charge in [-0.25, -0.2) is 13.2 Å². The van der Waals surface area contributed by atoms with E-state index in [1.165, 1.54) is 4.90 Å². The van der Waals surface area contributed by atoms with Gasteiger partial charge in [0.05, 0.1) is 0 Å². The molecule has 3 atom stereocenters. The number of nitrogens with zero attached hydrogens (tertiary/aromatic N) is 2. The molecule has 1 aromatic rings. The number of carbonyl (C=O) groups excluding carboxylic acids is 2. The molecular formula is C20H26F3N3O2. The van der Waals surface area contributed by atoms with Crippen LogP contribution in [0.4, 0.5) is 13.2 Å². The lowest BCUT2D eigenvalue weighted by atomic mass is 9.82. The minimum atomic E-state index is -1.22. The Bertz CT molecular complexity index is 757. The van der Waals surface area contributed by atoms with Crippen LogP contribution in [0.25, 0.3) is 0 Å². The summed E-state index contributed by atoms with van der Waals surface area (Å²) in [6.45, 7) is 0. The number of nitrogens with two attached hydrogens (primary N) is 1. The maximum atomic E-state index is 13.9. The largest absolute Gasteiger partial charge is 0.348 e. The second kappa shape index (κ2) is 8.11. The summed E-state index contributed by atoms with van der Waals surface area (Å²) < 4.78 is 40.5. The molecule has 0 aromatic heterocycles. The molecule has 3 rings (SSSR count). The first-order chi connectivity index (χ1) is 13.2. The molecule has 0 radical (unpaired) electrons. The summed E-state index contributed by atoms with van der Waals surface area (Å²) in [6, 6.07) is 1.04. The van der Waals surface area contributed by atoms with Gasteiger partial charge >= 0.3 is 0 Å². The van der Waals surface area contributed by atoms with Gasteiger partial charge in [0.2, 0.25) is 11.8 Å². The van der Waals surface area contributed by atoms with Gasteiger partial charge in [0.1, 0.15) is 12.2 Å². The van der Waals surface area contributed by atoms with Crippen LogP contribution in [0.5, 0.6) is 0 Å². The molecule has 2 heterocycles. The molecule has 8 heteroatoms. The van der Waals surface area contributed by atoms with Crippen molar-refractivity contribution in [3.63, 3.8) is 0 Å². The van der Waals surface area contributed by atoms with Gasteiger partial charge in [-0.2, -0.15) is 0 Å². The summed E-state index contributed by atoms with van der Waals surface area (Å²) >= 11 is 0. The lowest BCUT2D eigenvalue weighted by molar-refractivity contribution is -0.142. The number of halogens is 3. The van der Waals surface area contributed by atoms with Gasteiger partial charge in [0, 0.05) is 38.3 Å². The van der Waals surface area contributed by atoms with E-state index in [0.717, 1.165) is 18.9 Å². The summed E-state index contributed by atoms with van der Waals surface area (Å²) in [4.78, 5) is 27.7. The van der Waals surface area contributed by atoms with Gasteiger partial charge in [0.25, 0.3) is 0 Å². The zero-order chi connectivity index (χ0) is 20.6. The molecule has 0 saturated carbocycles. The van der Waals surface area contributed by atoms with Crippen molar-refractivity contribution < 1.29 is 22.8 Å². The highest BCUT2D eigenvalue weighted by atomic mass is 19.2. The molecule has 0 spiro atoms. The number of fused-ring (bicyclic) bond motifs is 2. The molecule has 2 amide bonds. The number of hydrogen-bond donors (Lipinski definition) is 1. The molecule has 0 aliphatic carbocycles. The Balaban J connectivity index is 1.64. The predicted molar refractivity (Wildman–Crippen MR) is 97.7 cm³/mol. The summed E-state index contributed by atoms with van der Waals surface area (Å²) in [5.74, 6) is -3.44. The zero-order valence-electron chi connectivity index (χ0n) is 16.1. The zero-order valence-corrected chi connectivity index (χ0v) is 16.1. The molecule has 3 unspecified atom stereocenters. The summed E-state index contributed by atoms with van der Waals surface area (Å²) in [6.07, 6.45) is 3.03. The molecule has 5 nitrogen and oxygen atoms in total. The number of carbonyl (C=O) groups is 2. The minimum Gasteiger partial charge on any atom is -0.348 e. The van der Waals surface area contributed by atoms with E-state index in [1.807, 2.05) is 4.90 Å². The average molecular weight is 397 g/mol. The maximum Gasteiger partial charge on any atom is 0.232 e. The fraction of sp³-hybridized carbons (Fsp3) is 0.600. The Labute approximate surface area is 162 Å². The summed E-state index contributed by atoms with van der Waals surface area (Å²) in [5, 5.41) is 0. The predicted octanol–water partition coefficient (Wildman–Crippen LogP) is 2.22. The monoisotopic (exact) mass is 397 g/mol. The van der Waals surface area contributed by atoms with Crippen molar-refractivity contribution >= 4 is 11.8 Å².